The molecule has 3 atom stereocenters. The molecule has 0 spiro atoms. The molecule has 3 aliphatic carbocycles. The summed E-state index contributed by atoms with van der Waals surface area (Å²) in [5, 5.41) is 3.29. The summed E-state index contributed by atoms with van der Waals surface area (Å²) in [7, 11) is 0. The zero-order valence-corrected chi connectivity index (χ0v) is 10.5. The highest BCUT2D eigenvalue weighted by atomic mass is 16.2. The quantitative estimate of drug-likeness (QED) is 0.763. The summed E-state index contributed by atoms with van der Waals surface area (Å²) in [6.45, 7) is 4.62. The summed E-state index contributed by atoms with van der Waals surface area (Å²) in [6.07, 6.45) is 7.57. The molecule has 0 aromatic heterocycles. The van der Waals surface area contributed by atoms with Gasteiger partial charge in [-0.2, -0.15) is 0 Å². The third-order valence-electron chi connectivity index (χ3n) is 5.02. The zero-order chi connectivity index (χ0) is 11.3. The van der Waals surface area contributed by atoms with Crippen molar-refractivity contribution in [1.82, 2.24) is 5.32 Å². The van der Waals surface area contributed by atoms with E-state index in [0.717, 1.165) is 11.8 Å². The molecule has 3 aliphatic rings. The number of rotatable bonds is 2. The minimum Gasteiger partial charge on any atom is -0.353 e. The van der Waals surface area contributed by atoms with Crippen molar-refractivity contribution >= 4 is 5.91 Å². The summed E-state index contributed by atoms with van der Waals surface area (Å²) in [5.74, 6) is 2.29. The number of nitrogens with one attached hydrogen (secondary N) is 1. The maximum absolute atomic E-state index is 12.1. The second-order valence-corrected chi connectivity index (χ2v) is 6.90. The fourth-order valence-corrected chi connectivity index (χ4v) is 4.07. The van der Waals surface area contributed by atoms with Gasteiger partial charge in [0.25, 0.3) is 0 Å². The van der Waals surface area contributed by atoms with Gasteiger partial charge in [0.15, 0.2) is 0 Å². The number of hydrogen-bond acceptors (Lipinski definition) is 1. The van der Waals surface area contributed by atoms with Crippen LogP contribution in [-0.2, 0) is 4.79 Å². The summed E-state index contributed by atoms with van der Waals surface area (Å²) in [5.41, 5.74) is 0.442. The molecule has 2 nitrogen and oxygen atoms in total. The van der Waals surface area contributed by atoms with Crippen molar-refractivity contribution in [3.05, 3.63) is 0 Å². The average Bonchev–Trinajstić information content (AvgIpc) is 2.57. The predicted octanol–water partition coefficient (Wildman–Crippen LogP) is 2.73. The fourth-order valence-electron chi connectivity index (χ4n) is 4.07. The van der Waals surface area contributed by atoms with Gasteiger partial charge in [-0.1, -0.05) is 20.3 Å². The van der Waals surface area contributed by atoms with Crippen LogP contribution in [0.5, 0.6) is 0 Å². The highest BCUT2D eigenvalue weighted by Gasteiger charge is 2.56. The second kappa shape index (κ2) is 3.48. The molecule has 0 heterocycles. The Labute approximate surface area is 98.2 Å². The van der Waals surface area contributed by atoms with Crippen LogP contribution in [0.1, 0.15) is 52.4 Å². The predicted molar refractivity (Wildman–Crippen MR) is 63.9 cm³/mol. The number of fused-ring (bicyclic) bond motifs is 1. The van der Waals surface area contributed by atoms with Crippen molar-refractivity contribution in [2.24, 2.45) is 23.2 Å². The molecule has 0 aromatic carbocycles. The summed E-state index contributed by atoms with van der Waals surface area (Å²) >= 11 is 0. The normalized spacial score (nSPS) is 44.1. The smallest absolute Gasteiger partial charge is 0.223 e. The second-order valence-electron chi connectivity index (χ2n) is 6.90. The summed E-state index contributed by atoms with van der Waals surface area (Å²) < 4.78 is 0. The van der Waals surface area contributed by atoms with E-state index in [-0.39, 0.29) is 0 Å². The minimum atomic E-state index is 0.373. The van der Waals surface area contributed by atoms with Crippen LogP contribution in [0.25, 0.3) is 0 Å². The Morgan fingerprint density at radius 1 is 1.19 bits per heavy atom. The Balaban J connectivity index is 1.51. The maximum atomic E-state index is 12.1. The maximum Gasteiger partial charge on any atom is 0.223 e. The Hall–Kier alpha value is -0.530. The zero-order valence-electron chi connectivity index (χ0n) is 10.5. The fraction of sp³-hybridized carbons (Fsp3) is 0.929. The van der Waals surface area contributed by atoms with E-state index in [1.165, 1.54) is 38.5 Å². The van der Waals surface area contributed by atoms with E-state index in [1.54, 1.807) is 0 Å². The lowest BCUT2D eigenvalue weighted by Crippen LogP contribution is -2.35. The molecular weight excluding hydrogens is 198 g/mol. The van der Waals surface area contributed by atoms with Gasteiger partial charge < -0.3 is 5.32 Å². The molecule has 3 saturated carbocycles. The van der Waals surface area contributed by atoms with Crippen molar-refractivity contribution in [2.45, 2.75) is 58.4 Å². The van der Waals surface area contributed by atoms with E-state index >= 15 is 0 Å². The van der Waals surface area contributed by atoms with Crippen LogP contribution in [0.4, 0.5) is 0 Å². The Morgan fingerprint density at radius 3 is 2.44 bits per heavy atom. The number of hydrogen-bond donors (Lipinski definition) is 1. The molecule has 0 saturated heterocycles. The van der Waals surface area contributed by atoms with E-state index in [9.17, 15) is 4.79 Å². The van der Waals surface area contributed by atoms with E-state index in [4.69, 9.17) is 0 Å². The molecule has 0 aliphatic heterocycles. The number of carbonyl (C=O) groups is 1. The molecule has 1 amide bonds. The average molecular weight is 221 g/mol. The summed E-state index contributed by atoms with van der Waals surface area (Å²) in [6, 6.07) is 0.462. The molecule has 0 radical (unpaired) electrons. The van der Waals surface area contributed by atoms with Gasteiger partial charge >= 0.3 is 0 Å². The Morgan fingerprint density at radius 2 is 1.88 bits per heavy atom. The van der Waals surface area contributed by atoms with E-state index in [2.05, 4.69) is 19.2 Å². The molecule has 1 N–H and O–H groups in total. The lowest BCUT2D eigenvalue weighted by molar-refractivity contribution is -0.123. The van der Waals surface area contributed by atoms with Crippen LogP contribution in [0.15, 0.2) is 0 Å². The molecule has 3 rings (SSSR count). The summed E-state index contributed by atoms with van der Waals surface area (Å²) in [4.78, 5) is 12.1. The van der Waals surface area contributed by atoms with Crippen LogP contribution < -0.4 is 5.32 Å². The number of carbonyl (C=O) groups excluding carboxylic acids is 1. The SMILES string of the molecule is CC1(C)CCC(NC(=O)C2C3CCCC32)C1. The molecule has 3 fully saturated rings. The van der Waals surface area contributed by atoms with Crippen LogP contribution in [-0.4, -0.2) is 11.9 Å². The lowest BCUT2D eigenvalue weighted by atomic mass is 9.92. The van der Waals surface area contributed by atoms with Crippen LogP contribution in [0.3, 0.4) is 0 Å². The van der Waals surface area contributed by atoms with E-state index < -0.39 is 0 Å². The molecular formula is C14H23NO. The first kappa shape index (κ1) is 10.6. The van der Waals surface area contributed by atoms with Crippen molar-refractivity contribution in [3.63, 3.8) is 0 Å². The van der Waals surface area contributed by atoms with Crippen LogP contribution >= 0.6 is 0 Å². The van der Waals surface area contributed by atoms with Gasteiger partial charge in [0, 0.05) is 12.0 Å². The molecule has 16 heavy (non-hydrogen) atoms. The monoisotopic (exact) mass is 221 g/mol. The molecule has 0 aromatic rings. The van der Waals surface area contributed by atoms with Crippen molar-refractivity contribution in [2.75, 3.05) is 0 Å². The van der Waals surface area contributed by atoms with Crippen molar-refractivity contribution < 1.29 is 4.79 Å². The Bertz CT molecular complexity index is 300. The third kappa shape index (κ3) is 1.76. The van der Waals surface area contributed by atoms with E-state index in [1.807, 2.05) is 0 Å². The Kier molecular flexibility index (Phi) is 2.31. The first-order valence-corrected chi connectivity index (χ1v) is 6.87. The van der Waals surface area contributed by atoms with Gasteiger partial charge in [0.1, 0.15) is 0 Å². The first-order valence-electron chi connectivity index (χ1n) is 6.87. The van der Waals surface area contributed by atoms with Gasteiger partial charge in [0.2, 0.25) is 5.91 Å². The first-order chi connectivity index (χ1) is 7.57. The standard InChI is InChI=1S/C14H23NO/c1-14(2)7-6-9(8-14)15-13(16)12-10-4-3-5-11(10)12/h9-12H,3-8H2,1-2H3,(H,15,16). The molecule has 2 heteroatoms. The molecule has 0 bridgehead atoms. The van der Waals surface area contributed by atoms with Gasteiger partial charge in [-0.3, -0.25) is 4.79 Å². The largest absolute Gasteiger partial charge is 0.353 e. The van der Waals surface area contributed by atoms with Crippen molar-refractivity contribution in [3.8, 4) is 0 Å². The third-order valence-corrected chi connectivity index (χ3v) is 5.02. The highest BCUT2D eigenvalue weighted by Crippen LogP contribution is 2.57. The number of amides is 1. The van der Waals surface area contributed by atoms with Gasteiger partial charge in [-0.25, -0.2) is 0 Å². The molecule has 90 valence electrons. The van der Waals surface area contributed by atoms with Crippen molar-refractivity contribution in [1.29, 1.82) is 0 Å². The minimum absolute atomic E-state index is 0.373. The van der Waals surface area contributed by atoms with E-state index in [0.29, 0.717) is 23.3 Å². The lowest BCUT2D eigenvalue weighted by Gasteiger charge is -2.18. The topological polar surface area (TPSA) is 29.1 Å². The van der Waals surface area contributed by atoms with Gasteiger partial charge in [-0.15, -0.1) is 0 Å². The highest BCUT2D eigenvalue weighted by molar-refractivity contribution is 5.82. The van der Waals surface area contributed by atoms with Crippen LogP contribution in [0, 0.1) is 23.2 Å². The van der Waals surface area contributed by atoms with Gasteiger partial charge in [0.05, 0.1) is 0 Å². The van der Waals surface area contributed by atoms with Gasteiger partial charge in [-0.05, 0) is 49.4 Å². The van der Waals surface area contributed by atoms with Crippen LogP contribution in [0.2, 0.25) is 0 Å². The molecule has 3 unspecified atom stereocenters.